The van der Waals surface area contributed by atoms with Gasteiger partial charge in [-0.3, -0.25) is 14.5 Å². The number of methoxy groups -OCH3 is 1. The Kier molecular flexibility index (Phi) is 6.60. The van der Waals surface area contributed by atoms with Crippen molar-refractivity contribution in [2.45, 2.75) is 17.5 Å². The van der Waals surface area contributed by atoms with Crippen molar-refractivity contribution in [1.82, 2.24) is 13.8 Å². The number of ether oxygens (including phenoxy) is 1. The molecule has 0 saturated carbocycles. The summed E-state index contributed by atoms with van der Waals surface area (Å²) in [7, 11) is -2.18. The van der Waals surface area contributed by atoms with Gasteiger partial charge in [-0.2, -0.15) is 4.31 Å². The highest BCUT2D eigenvalue weighted by Crippen LogP contribution is 2.34. The fourth-order valence-electron chi connectivity index (χ4n) is 4.35. The average molecular weight is 488 g/mol. The van der Waals surface area contributed by atoms with Crippen LogP contribution in [0, 0.1) is 0 Å². The number of nitrogens with zero attached hydrogens (tertiary/aromatic N) is 3. The number of carbonyl (C=O) groups is 2. The smallest absolute Gasteiger partial charge is 0.325 e. The van der Waals surface area contributed by atoms with E-state index in [9.17, 15) is 28.2 Å². The third kappa shape index (κ3) is 4.49. The number of hydrogen-bond acceptors (Lipinski definition) is 6. The topological polar surface area (TPSA) is 129 Å². The minimum atomic E-state index is -3.68. The van der Waals surface area contributed by atoms with Gasteiger partial charge in [0.05, 0.1) is 12.0 Å². The van der Waals surface area contributed by atoms with Crippen LogP contribution in [-0.2, 0) is 26.2 Å². The summed E-state index contributed by atoms with van der Waals surface area (Å²) in [6.07, 6.45) is 1.55. The van der Waals surface area contributed by atoms with Crippen LogP contribution in [0.15, 0.2) is 59.6 Å². The molecule has 2 aromatic carbocycles. The van der Waals surface area contributed by atoms with Crippen LogP contribution in [0.4, 0.5) is 0 Å². The number of aliphatic carboxylic acids is 2. The predicted octanol–water partition coefficient (Wildman–Crippen LogP) is 1.87. The van der Waals surface area contributed by atoms with Crippen LogP contribution >= 0.6 is 0 Å². The van der Waals surface area contributed by atoms with Crippen LogP contribution in [0.5, 0.6) is 5.75 Å². The molecule has 1 aliphatic rings. The van der Waals surface area contributed by atoms with Crippen LogP contribution in [0.1, 0.15) is 11.6 Å². The maximum atomic E-state index is 12.9. The number of rotatable bonds is 8. The van der Waals surface area contributed by atoms with Gasteiger partial charge in [0.25, 0.3) is 0 Å². The van der Waals surface area contributed by atoms with E-state index in [4.69, 9.17) is 4.74 Å². The quantitative estimate of drug-likeness (QED) is 0.493. The van der Waals surface area contributed by atoms with Gasteiger partial charge in [-0.25, -0.2) is 8.42 Å². The van der Waals surface area contributed by atoms with E-state index in [1.54, 1.807) is 47.5 Å². The van der Waals surface area contributed by atoms with Crippen LogP contribution < -0.4 is 4.74 Å². The van der Waals surface area contributed by atoms with E-state index in [0.717, 1.165) is 0 Å². The largest absolute Gasteiger partial charge is 0.497 e. The van der Waals surface area contributed by atoms with Gasteiger partial charge in [0.15, 0.2) is 0 Å². The molecule has 0 bridgehead atoms. The number of sulfonamides is 1. The zero-order valence-corrected chi connectivity index (χ0v) is 19.3. The summed E-state index contributed by atoms with van der Waals surface area (Å²) in [4.78, 5) is 25.7. The van der Waals surface area contributed by atoms with E-state index in [2.05, 4.69) is 0 Å². The minimum absolute atomic E-state index is 0.137. The summed E-state index contributed by atoms with van der Waals surface area (Å²) >= 11 is 0. The summed E-state index contributed by atoms with van der Waals surface area (Å²) in [6.45, 7) is 0.367. The fourth-order valence-corrected chi connectivity index (χ4v) is 5.80. The lowest BCUT2D eigenvalue weighted by Crippen LogP contribution is -2.50. The van der Waals surface area contributed by atoms with Crippen molar-refractivity contribution in [1.29, 1.82) is 0 Å². The Morgan fingerprint density at radius 1 is 1.03 bits per heavy atom. The van der Waals surface area contributed by atoms with E-state index < -0.39 is 28.0 Å². The highest BCUT2D eigenvalue weighted by Gasteiger charge is 2.36. The monoisotopic (exact) mass is 487 g/mol. The van der Waals surface area contributed by atoms with Crippen LogP contribution in [-0.4, -0.2) is 77.6 Å². The summed E-state index contributed by atoms with van der Waals surface area (Å²) in [5.74, 6) is -1.63. The van der Waals surface area contributed by atoms with Gasteiger partial charge in [-0.05, 0) is 30.3 Å². The Bertz CT molecular complexity index is 1310. The van der Waals surface area contributed by atoms with Crippen molar-refractivity contribution in [2.24, 2.45) is 0 Å². The van der Waals surface area contributed by atoms with Crippen molar-refractivity contribution in [2.75, 3.05) is 33.3 Å². The number of carboxylic acid groups (broad SMARTS) is 2. The number of hydrogen-bond donors (Lipinski definition) is 2. The van der Waals surface area contributed by atoms with E-state index in [-0.39, 0.29) is 37.6 Å². The van der Waals surface area contributed by atoms with Crippen molar-refractivity contribution < 1.29 is 33.0 Å². The lowest BCUT2D eigenvalue weighted by Gasteiger charge is -2.37. The Hall–Kier alpha value is -3.41. The first-order valence-electron chi connectivity index (χ1n) is 10.6. The molecule has 2 heterocycles. The Balaban J connectivity index is 1.65. The molecule has 1 saturated heterocycles. The van der Waals surface area contributed by atoms with Gasteiger partial charge < -0.3 is 19.5 Å². The van der Waals surface area contributed by atoms with Gasteiger partial charge >= 0.3 is 11.9 Å². The zero-order chi connectivity index (χ0) is 24.5. The molecule has 4 rings (SSSR count). The molecule has 180 valence electrons. The SMILES string of the molecule is COc1ccc2c(c1)c([C@@H](C(=O)O)N1CCN(S(=O)(=O)c3ccccc3)CC1)cn2CC(=O)O. The summed E-state index contributed by atoms with van der Waals surface area (Å²) < 4.78 is 34.0. The molecule has 0 unspecified atom stereocenters. The minimum Gasteiger partial charge on any atom is -0.497 e. The Labute approximate surface area is 196 Å². The van der Waals surface area contributed by atoms with Crippen molar-refractivity contribution in [3.05, 3.63) is 60.3 Å². The van der Waals surface area contributed by atoms with Gasteiger partial charge in [0, 0.05) is 48.8 Å². The molecule has 2 N–H and O–H groups in total. The molecule has 3 aromatic rings. The van der Waals surface area contributed by atoms with E-state index in [1.165, 1.54) is 28.1 Å². The molecule has 11 heteroatoms. The number of carboxylic acids is 2. The van der Waals surface area contributed by atoms with Gasteiger partial charge in [-0.15, -0.1) is 0 Å². The molecular formula is C23H25N3O7S. The predicted molar refractivity (Wildman–Crippen MR) is 123 cm³/mol. The van der Waals surface area contributed by atoms with Crippen LogP contribution in [0.3, 0.4) is 0 Å². The average Bonchev–Trinajstić information content (AvgIpc) is 3.16. The van der Waals surface area contributed by atoms with Crippen molar-refractivity contribution in [3.8, 4) is 5.75 Å². The lowest BCUT2D eigenvalue weighted by molar-refractivity contribution is -0.144. The Morgan fingerprint density at radius 3 is 2.29 bits per heavy atom. The van der Waals surface area contributed by atoms with E-state index >= 15 is 0 Å². The normalized spacial score (nSPS) is 16.4. The molecule has 10 nitrogen and oxygen atoms in total. The molecule has 34 heavy (non-hydrogen) atoms. The standard InChI is InChI=1S/C23H25N3O7S/c1-33-16-7-8-20-18(13-16)19(14-25(20)15-21(27)28)22(23(29)30)24-9-11-26(12-10-24)34(31,32)17-5-3-2-4-6-17/h2-8,13-14,22H,9-12,15H2,1H3,(H,27,28)(H,29,30)/t22-/m0/s1. The summed E-state index contributed by atoms with van der Waals surface area (Å²) in [5.41, 5.74) is 1.01. The van der Waals surface area contributed by atoms with E-state index in [1.807, 2.05) is 0 Å². The zero-order valence-electron chi connectivity index (χ0n) is 18.5. The number of piperazine rings is 1. The van der Waals surface area contributed by atoms with Crippen LogP contribution in [0.25, 0.3) is 10.9 Å². The van der Waals surface area contributed by atoms with Gasteiger partial charge in [-0.1, -0.05) is 18.2 Å². The van der Waals surface area contributed by atoms with Crippen molar-refractivity contribution >= 4 is 32.9 Å². The molecule has 0 aliphatic carbocycles. The fraction of sp³-hybridized carbons (Fsp3) is 0.304. The summed E-state index contributed by atoms with van der Waals surface area (Å²) in [5, 5.41) is 20.0. The molecule has 1 aliphatic heterocycles. The molecule has 0 radical (unpaired) electrons. The number of fused-ring (bicyclic) bond motifs is 1. The third-order valence-corrected chi connectivity index (χ3v) is 7.89. The molecular weight excluding hydrogens is 462 g/mol. The lowest BCUT2D eigenvalue weighted by atomic mass is 10.0. The first-order valence-corrected chi connectivity index (χ1v) is 12.1. The van der Waals surface area contributed by atoms with Gasteiger partial charge in [0.1, 0.15) is 18.3 Å². The second-order valence-electron chi connectivity index (χ2n) is 7.98. The van der Waals surface area contributed by atoms with E-state index in [0.29, 0.717) is 22.2 Å². The number of benzene rings is 2. The molecule has 0 spiro atoms. The Morgan fingerprint density at radius 2 is 1.71 bits per heavy atom. The van der Waals surface area contributed by atoms with Crippen LogP contribution in [0.2, 0.25) is 0 Å². The first kappa shape index (κ1) is 23.7. The van der Waals surface area contributed by atoms with Crippen molar-refractivity contribution in [3.63, 3.8) is 0 Å². The maximum Gasteiger partial charge on any atom is 0.325 e. The first-order chi connectivity index (χ1) is 16.2. The second-order valence-corrected chi connectivity index (χ2v) is 9.92. The summed E-state index contributed by atoms with van der Waals surface area (Å²) in [6, 6.07) is 12.1. The number of aromatic nitrogens is 1. The molecule has 1 aromatic heterocycles. The van der Waals surface area contributed by atoms with Gasteiger partial charge in [0.2, 0.25) is 10.0 Å². The second kappa shape index (κ2) is 9.45. The maximum absolute atomic E-state index is 12.9. The molecule has 1 fully saturated rings. The molecule has 0 amide bonds. The highest BCUT2D eigenvalue weighted by atomic mass is 32.2. The third-order valence-electron chi connectivity index (χ3n) is 5.97. The molecule has 1 atom stereocenters. The highest BCUT2D eigenvalue weighted by molar-refractivity contribution is 7.89.